The van der Waals surface area contributed by atoms with E-state index >= 15 is 0 Å². The zero-order chi connectivity index (χ0) is 31.6. The van der Waals surface area contributed by atoms with Gasteiger partial charge in [0.2, 0.25) is 11.1 Å². The number of tetrazole rings is 1. The van der Waals surface area contributed by atoms with Crippen molar-refractivity contribution in [3.05, 3.63) is 53.6 Å². The highest BCUT2D eigenvalue weighted by atomic mass is 32.2. The highest BCUT2D eigenvalue weighted by Crippen LogP contribution is 2.29. The molecule has 1 fully saturated rings. The summed E-state index contributed by atoms with van der Waals surface area (Å²) in [6.45, 7) is 2.06. The Morgan fingerprint density at radius 1 is 1.11 bits per heavy atom. The van der Waals surface area contributed by atoms with Crippen LogP contribution in [0.3, 0.4) is 0 Å². The average Bonchev–Trinajstić information content (AvgIpc) is 3.45. The van der Waals surface area contributed by atoms with Gasteiger partial charge in [-0.2, -0.15) is 0 Å². The lowest BCUT2D eigenvalue weighted by Gasteiger charge is -2.38. The van der Waals surface area contributed by atoms with Gasteiger partial charge < -0.3 is 39.8 Å². The summed E-state index contributed by atoms with van der Waals surface area (Å²) in [4.78, 5) is 40.6. The second-order valence-electron chi connectivity index (χ2n) is 10.4. The maximum atomic E-state index is 13.1. The van der Waals surface area contributed by atoms with Gasteiger partial charge in [0.15, 0.2) is 0 Å². The molecule has 2 aliphatic rings. The summed E-state index contributed by atoms with van der Waals surface area (Å²) in [6, 6.07) is 11.6. The summed E-state index contributed by atoms with van der Waals surface area (Å²) >= 11 is 1.26. The van der Waals surface area contributed by atoms with E-state index in [4.69, 9.17) is 18.9 Å². The van der Waals surface area contributed by atoms with Crippen LogP contribution in [-0.4, -0.2) is 107 Å². The van der Waals surface area contributed by atoms with Gasteiger partial charge in [0.05, 0.1) is 31.1 Å². The molecule has 1 aromatic heterocycles. The number of hydrogen-bond donors (Lipinski definition) is 3. The molecule has 2 atom stereocenters. The van der Waals surface area contributed by atoms with E-state index in [1.165, 1.54) is 16.4 Å². The fourth-order valence-corrected chi connectivity index (χ4v) is 5.59. The van der Waals surface area contributed by atoms with Crippen LogP contribution in [0.1, 0.15) is 22.3 Å². The van der Waals surface area contributed by atoms with Gasteiger partial charge in [0.25, 0.3) is 5.91 Å². The second-order valence-corrected chi connectivity index (χ2v) is 11.3. The van der Waals surface area contributed by atoms with Crippen molar-refractivity contribution >= 4 is 29.6 Å². The number of carbonyl (C=O) groups is 3. The third-order valence-corrected chi connectivity index (χ3v) is 8.12. The molecule has 45 heavy (non-hydrogen) atoms. The normalized spacial score (nSPS) is 19.1. The van der Waals surface area contributed by atoms with Crippen molar-refractivity contribution in [2.45, 2.75) is 30.3 Å². The van der Waals surface area contributed by atoms with Crippen molar-refractivity contribution in [3.63, 3.8) is 0 Å². The predicted molar refractivity (Wildman–Crippen MR) is 162 cm³/mol. The Morgan fingerprint density at radius 3 is 2.80 bits per heavy atom. The number of ether oxygens (including phenoxy) is 4. The van der Waals surface area contributed by atoms with Gasteiger partial charge >= 0.3 is 6.03 Å². The van der Waals surface area contributed by atoms with Crippen LogP contribution in [-0.2, 0) is 27.9 Å². The van der Waals surface area contributed by atoms with E-state index in [9.17, 15) is 14.4 Å². The number of hydrogen-bond acceptors (Lipinski definition) is 11. The first-order valence-electron chi connectivity index (χ1n) is 14.5. The number of rotatable bonds is 7. The molecule has 0 aliphatic carbocycles. The van der Waals surface area contributed by atoms with Crippen LogP contribution in [0.4, 0.5) is 4.79 Å². The van der Waals surface area contributed by atoms with Gasteiger partial charge in [-0.3, -0.25) is 9.59 Å². The number of aryl methyl sites for hydroxylation is 1. The molecular formula is C29H36N8O7S. The number of amides is 4. The molecule has 4 amide bonds. The van der Waals surface area contributed by atoms with Crippen LogP contribution < -0.4 is 25.4 Å². The van der Waals surface area contributed by atoms with Crippen molar-refractivity contribution in [1.82, 2.24) is 41.1 Å². The van der Waals surface area contributed by atoms with E-state index in [1.54, 1.807) is 43.3 Å². The quantitative estimate of drug-likeness (QED) is 0.252. The van der Waals surface area contributed by atoms with Crippen LogP contribution in [0.25, 0.3) is 0 Å². The second kappa shape index (κ2) is 15.5. The van der Waals surface area contributed by atoms with E-state index < -0.39 is 6.10 Å². The first kappa shape index (κ1) is 32.0. The van der Waals surface area contributed by atoms with Gasteiger partial charge in [0.1, 0.15) is 23.9 Å². The highest BCUT2D eigenvalue weighted by molar-refractivity contribution is 7.99. The minimum Gasteiger partial charge on any atom is -0.491 e. The van der Waals surface area contributed by atoms with Crippen LogP contribution in [0, 0.1) is 0 Å². The minimum absolute atomic E-state index is 0.0760. The summed E-state index contributed by atoms with van der Waals surface area (Å²) in [6.07, 6.45) is 0.0326. The molecule has 2 aromatic carbocycles. The Balaban J connectivity index is 1.32. The molecule has 0 spiro atoms. The first-order valence-corrected chi connectivity index (χ1v) is 15.5. The molecule has 3 N–H and O–H groups in total. The molecule has 4 bridgehead atoms. The lowest BCUT2D eigenvalue weighted by molar-refractivity contribution is -0.133. The SMILES string of the molecule is COCCOc1cc2cc(c1)C(=O)NCCNC(=O)N[C@H]1CCN(C(=O)CSc3nnnn3C)C[C@@H]1OCc1cccc(c1)O2. The summed E-state index contributed by atoms with van der Waals surface area (Å²) in [5, 5.41) is 20.4. The van der Waals surface area contributed by atoms with E-state index in [2.05, 4.69) is 31.5 Å². The maximum absolute atomic E-state index is 13.1. The minimum atomic E-state index is -0.471. The molecule has 1 saturated heterocycles. The number of benzene rings is 2. The number of fused-ring (bicyclic) bond motifs is 5. The Morgan fingerprint density at radius 2 is 1.98 bits per heavy atom. The number of nitrogens with zero attached hydrogens (tertiary/aromatic N) is 5. The zero-order valence-corrected chi connectivity index (χ0v) is 25.9. The Labute approximate surface area is 264 Å². The van der Waals surface area contributed by atoms with E-state index in [1.807, 2.05) is 18.2 Å². The number of aromatic nitrogens is 4. The fourth-order valence-electron chi connectivity index (χ4n) is 4.84. The molecule has 0 saturated carbocycles. The summed E-state index contributed by atoms with van der Waals surface area (Å²) in [7, 11) is 3.29. The van der Waals surface area contributed by atoms with Crippen LogP contribution in [0.2, 0.25) is 0 Å². The third-order valence-electron chi connectivity index (χ3n) is 7.13. The number of likely N-dealkylation sites (tertiary alicyclic amines) is 1. The zero-order valence-electron chi connectivity index (χ0n) is 25.1. The smallest absolute Gasteiger partial charge is 0.315 e. The lowest BCUT2D eigenvalue weighted by atomic mass is 10.0. The fraction of sp³-hybridized carbons (Fsp3) is 0.448. The molecule has 3 heterocycles. The molecule has 15 nitrogen and oxygen atoms in total. The number of urea groups is 1. The van der Waals surface area contributed by atoms with Crippen molar-refractivity contribution in [1.29, 1.82) is 0 Å². The Hall–Kier alpha value is -4.41. The van der Waals surface area contributed by atoms with E-state index in [0.29, 0.717) is 60.7 Å². The van der Waals surface area contributed by atoms with Gasteiger partial charge in [-0.25, -0.2) is 9.48 Å². The average molecular weight is 641 g/mol. The van der Waals surface area contributed by atoms with Crippen molar-refractivity contribution in [3.8, 4) is 17.2 Å². The number of carbonyl (C=O) groups excluding carboxylic acids is 3. The Bertz CT molecular complexity index is 1490. The summed E-state index contributed by atoms with van der Waals surface area (Å²) < 4.78 is 24.8. The van der Waals surface area contributed by atoms with Gasteiger partial charge in [-0.05, 0) is 46.7 Å². The topological polar surface area (TPSA) is 171 Å². The monoisotopic (exact) mass is 640 g/mol. The number of thioether (sulfide) groups is 1. The van der Waals surface area contributed by atoms with Crippen LogP contribution in [0.15, 0.2) is 47.6 Å². The molecule has 16 heteroatoms. The molecule has 2 aliphatic heterocycles. The lowest BCUT2D eigenvalue weighted by Crippen LogP contribution is -2.58. The highest BCUT2D eigenvalue weighted by Gasteiger charge is 2.33. The molecule has 0 radical (unpaired) electrons. The molecule has 0 unspecified atom stereocenters. The van der Waals surface area contributed by atoms with Crippen molar-refractivity contribution in [2.75, 3.05) is 52.3 Å². The number of piperidine rings is 1. The predicted octanol–water partition coefficient (Wildman–Crippen LogP) is 1.35. The maximum Gasteiger partial charge on any atom is 0.315 e. The standard InChI is InChI=1S/C29H36N8O7S/c1-36-29(33-34-35-36)45-18-26(38)37-9-6-24-25(16-37)43-17-19-4-3-5-21(12-19)44-23-14-20(13-22(15-23)42-11-10-41-2)27(39)30-7-8-31-28(40)32-24/h3-5,12-15,24-25H,6-11,16-18H2,1-2H3,(H,30,39)(H2,31,32,40)/t24-,25-/m0/s1. The van der Waals surface area contributed by atoms with Crippen molar-refractivity contribution < 1.29 is 33.3 Å². The number of methoxy groups -OCH3 is 1. The first-order chi connectivity index (χ1) is 21.9. The van der Waals surface area contributed by atoms with Crippen LogP contribution >= 0.6 is 11.8 Å². The number of nitrogens with one attached hydrogen (secondary N) is 3. The van der Waals surface area contributed by atoms with E-state index in [0.717, 1.165) is 5.56 Å². The third kappa shape index (κ3) is 9.06. The molecule has 5 rings (SSSR count). The largest absolute Gasteiger partial charge is 0.491 e. The van der Waals surface area contributed by atoms with Gasteiger partial charge in [0, 0.05) is 52.0 Å². The van der Waals surface area contributed by atoms with Crippen LogP contribution in [0.5, 0.6) is 17.2 Å². The molecule has 240 valence electrons. The van der Waals surface area contributed by atoms with E-state index in [-0.39, 0.29) is 49.3 Å². The molecular weight excluding hydrogens is 604 g/mol. The summed E-state index contributed by atoms with van der Waals surface area (Å²) in [5.74, 6) is 1.17. The summed E-state index contributed by atoms with van der Waals surface area (Å²) in [5.41, 5.74) is 1.18. The Kier molecular flexibility index (Phi) is 11.1. The van der Waals surface area contributed by atoms with Gasteiger partial charge in [-0.1, -0.05) is 23.9 Å². The molecule has 3 aromatic rings. The van der Waals surface area contributed by atoms with Crippen molar-refractivity contribution in [2.24, 2.45) is 7.05 Å². The van der Waals surface area contributed by atoms with Gasteiger partial charge in [-0.15, -0.1) is 5.10 Å².